The average Bonchev–Trinajstić information content (AvgIpc) is 3.27. The van der Waals surface area contributed by atoms with Crippen LogP contribution in [-0.2, 0) is 11.2 Å². The maximum absolute atomic E-state index is 12.7. The van der Waals surface area contributed by atoms with Crippen molar-refractivity contribution in [2.75, 3.05) is 20.3 Å². The van der Waals surface area contributed by atoms with E-state index in [4.69, 9.17) is 9.47 Å². The minimum atomic E-state index is -0.0207. The second-order valence-electron chi connectivity index (χ2n) is 6.09. The first-order valence-electron chi connectivity index (χ1n) is 8.12. The summed E-state index contributed by atoms with van der Waals surface area (Å²) in [5, 5.41) is 4.18. The third-order valence-electron chi connectivity index (χ3n) is 4.25. The van der Waals surface area contributed by atoms with Gasteiger partial charge in [-0.15, -0.1) is 0 Å². The molecule has 1 aliphatic heterocycles. The molecule has 128 valence electrons. The van der Waals surface area contributed by atoms with Gasteiger partial charge in [-0.1, -0.05) is 0 Å². The van der Waals surface area contributed by atoms with Gasteiger partial charge < -0.3 is 14.4 Å². The van der Waals surface area contributed by atoms with Crippen LogP contribution in [0.4, 0.5) is 0 Å². The lowest BCUT2D eigenvalue weighted by molar-refractivity contribution is 0.0742. The molecule has 2 atom stereocenters. The molecule has 5 nitrogen and oxygen atoms in total. The van der Waals surface area contributed by atoms with Crippen molar-refractivity contribution in [3.8, 4) is 5.88 Å². The standard InChI is InChI=1S/C18H22N2O3S/c1-13(9-14-5-8-24-12-14)20(2)18(21)15-3-6-19-17(10-15)23-16-4-7-22-11-16/h3,5-6,8,10,12-13,16H,4,7,9,11H2,1-2H3/t13-,16+/m0/s1. The first-order valence-corrected chi connectivity index (χ1v) is 9.06. The highest BCUT2D eigenvalue weighted by atomic mass is 32.1. The maximum Gasteiger partial charge on any atom is 0.254 e. The molecule has 2 aromatic rings. The van der Waals surface area contributed by atoms with Gasteiger partial charge in [0.15, 0.2) is 0 Å². The number of likely N-dealkylation sites (N-methyl/N-ethyl adjacent to an activating group) is 1. The van der Waals surface area contributed by atoms with Crippen molar-refractivity contribution in [2.45, 2.75) is 31.9 Å². The fourth-order valence-electron chi connectivity index (χ4n) is 2.67. The van der Waals surface area contributed by atoms with Crippen molar-refractivity contribution in [1.82, 2.24) is 9.88 Å². The summed E-state index contributed by atoms with van der Waals surface area (Å²) in [7, 11) is 1.84. The van der Waals surface area contributed by atoms with Crippen LogP contribution in [0, 0.1) is 0 Å². The van der Waals surface area contributed by atoms with Crippen molar-refractivity contribution in [2.24, 2.45) is 0 Å². The molecular weight excluding hydrogens is 324 g/mol. The lowest BCUT2D eigenvalue weighted by Crippen LogP contribution is -2.36. The third-order valence-corrected chi connectivity index (χ3v) is 4.98. The molecule has 2 aromatic heterocycles. The van der Waals surface area contributed by atoms with Crippen molar-refractivity contribution in [3.63, 3.8) is 0 Å². The average molecular weight is 346 g/mol. The number of carbonyl (C=O) groups is 1. The Hall–Kier alpha value is -1.92. The normalized spacial score (nSPS) is 18.3. The minimum Gasteiger partial charge on any atom is -0.472 e. The molecular formula is C18H22N2O3S. The van der Waals surface area contributed by atoms with Gasteiger partial charge in [-0.3, -0.25) is 4.79 Å². The Morgan fingerprint density at radius 1 is 1.54 bits per heavy atom. The number of amides is 1. The lowest BCUT2D eigenvalue weighted by atomic mass is 10.1. The maximum atomic E-state index is 12.7. The Bertz CT molecular complexity index is 669. The van der Waals surface area contributed by atoms with Crippen molar-refractivity contribution < 1.29 is 14.3 Å². The van der Waals surface area contributed by atoms with Gasteiger partial charge in [-0.2, -0.15) is 11.3 Å². The fraction of sp³-hybridized carbons (Fsp3) is 0.444. The molecule has 1 fully saturated rings. The van der Waals surface area contributed by atoms with E-state index in [1.165, 1.54) is 5.56 Å². The quantitative estimate of drug-likeness (QED) is 0.807. The van der Waals surface area contributed by atoms with E-state index in [1.54, 1.807) is 34.6 Å². The van der Waals surface area contributed by atoms with Crippen LogP contribution >= 0.6 is 11.3 Å². The van der Waals surface area contributed by atoms with Gasteiger partial charge in [-0.05, 0) is 41.8 Å². The number of hydrogen-bond donors (Lipinski definition) is 0. The first kappa shape index (κ1) is 16.9. The summed E-state index contributed by atoms with van der Waals surface area (Å²) in [4.78, 5) is 18.7. The molecule has 0 saturated carbocycles. The highest BCUT2D eigenvalue weighted by Crippen LogP contribution is 2.18. The van der Waals surface area contributed by atoms with Crippen molar-refractivity contribution in [3.05, 3.63) is 46.3 Å². The number of nitrogens with zero attached hydrogens (tertiary/aromatic N) is 2. The highest BCUT2D eigenvalue weighted by Gasteiger charge is 2.21. The summed E-state index contributed by atoms with van der Waals surface area (Å²) in [5.41, 5.74) is 1.85. The van der Waals surface area contributed by atoms with Crippen LogP contribution in [0.2, 0.25) is 0 Å². The van der Waals surface area contributed by atoms with E-state index >= 15 is 0 Å². The number of carbonyl (C=O) groups excluding carboxylic acids is 1. The summed E-state index contributed by atoms with van der Waals surface area (Å²) in [6, 6.07) is 5.66. The van der Waals surface area contributed by atoms with E-state index in [2.05, 4.69) is 28.7 Å². The van der Waals surface area contributed by atoms with E-state index in [1.807, 2.05) is 7.05 Å². The highest BCUT2D eigenvalue weighted by molar-refractivity contribution is 7.07. The molecule has 24 heavy (non-hydrogen) atoms. The van der Waals surface area contributed by atoms with Gasteiger partial charge in [0.25, 0.3) is 5.91 Å². The van der Waals surface area contributed by atoms with E-state index in [-0.39, 0.29) is 18.1 Å². The summed E-state index contributed by atoms with van der Waals surface area (Å²) in [5.74, 6) is 0.461. The zero-order chi connectivity index (χ0) is 16.9. The topological polar surface area (TPSA) is 51.7 Å². The van der Waals surface area contributed by atoms with Crippen LogP contribution in [0.5, 0.6) is 5.88 Å². The second-order valence-corrected chi connectivity index (χ2v) is 6.87. The monoisotopic (exact) mass is 346 g/mol. The summed E-state index contributed by atoms with van der Waals surface area (Å²) in [6.45, 7) is 3.35. The van der Waals surface area contributed by atoms with Crippen molar-refractivity contribution >= 4 is 17.2 Å². The molecule has 1 saturated heterocycles. The Morgan fingerprint density at radius 2 is 2.42 bits per heavy atom. The number of thiophene rings is 1. The van der Waals surface area contributed by atoms with Gasteiger partial charge in [0, 0.05) is 37.3 Å². The summed E-state index contributed by atoms with van der Waals surface area (Å²) < 4.78 is 11.1. The predicted molar refractivity (Wildman–Crippen MR) is 93.7 cm³/mol. The first-order chi connectivity index (χ1) is 11.6. The smallest absolute Gasteiger partial charge is 0.254 e. The van der Waals surface area contributed by atoms with Crippen LogP contribution in [-0.4, -0.2) is 48.2 Å². The Kier molecular flexibility index (Phi) is 5.48. The number of ether oxygens (including phenoxy) is 2. The molecule has 6 heteroatoms. The number of rotatable bonds is 6. The lowest BCUT2D eigenvalue weighted by Gasteiger charge is -2.25. The van der Waals surface area contributed by atoms with E-state index in [0.29, 0.717) is 24.7 Å². The van der Waals surface area contributed by atoms with E-state index in [0.717, 1.165) is 12.8 Å². The SMILES string of the molecule is C[C@@H](Cc1ccsc1)N(C)C(=O)c1ccnc(O[C@@H]2CCOC2)c1. The van der Waals surface area contributed by atoms with Crippen LogP contribution in [0.1, 0.15) is 29.3 Å². The third kappa shape index (κ3) is 4.13. The van der Waals surface area contributed by atoms with E-state index < -0.39 is 0 Å². The molecule has 0 bridgehead atoms. The number of pyridine rings is 1. The molecule has 0 radical (unpaired) electrons. The molecule has 0 spiro atoms. The molecule has 1 amide bonds. The van der Waals surface area contributed by atoms with Crippen LogP contribution < -0.4 is 4.74 Å². The van der Waals surface area contributed by atoms with Gasteiger partial charge in [-0.25, -0.2) is 4.98 Å². The minimum absolute atomic E-state index is 0.0207. The second kappa shape index (κ2) is 7.77. The molecule has 0 aliphatic carbocycles. The number of aromatic nitrogens is 1. The zero-order valence-corrected chi connectivity index (χ0v) is 14.8. The Balaban J connectivity index is 1.64. The molecule has 0 aromatic carbocycles. The summed E-state index contributed by atoms with van der Waals surface area (Å²) in [6.07, 6.45) is 3.35. The predicted octanol–water partition coefficient (Wildman–Crippen LogP) is 3.01. The molecule has 0 N–H and O–H groups in total. The van der Waals surface area contributed by atoms with Crippen molar-refractivity contribution in [1.29, 1.82) is 0 Å². The van der Waals surface area contributed by atoms with Crippen LogP contribution in [0.15, 0.2) is 35.2 Å². The van der Waals surface area contributed by atoms with E-state index in [9.17, 15) is 4.79 Å². The van der Waals surface area contributed by atoms with Gasteiger partial charge >= 0.3 is 0 Å². The van der Waals surface area contributed by atoms with Gasteiger partial charge in [0.05, 0.1) is 13.2 Å². The molecule has 1 aliphatic rings. The molecule has 3 heterocycles. The van der Waals surface area contributed by atoms with Gasteiger partial charge in [0.1, 0.15) is 6.10 Å². The largest absolute Gasteiger partial charge is 0.472 e. The van der Waals surface area contributed by atoms with Crippen LogP contribution in [0.25, 0.3) is 0 Å². The Morgan fingerprint density at radius 3 is 3.12 bits per heavy atom. The number of hydrogen-bond acceptors (Lipinski definition) is 5. The fourth-order valence-corrected chi connectivity index (χ4v) is 3.36. The van der Waals surface area contributed by atoms with Gasteiger partial charge in [0.2, 0.25) is 5.88 Å². The van der Waals surface area contributed by atoms with Crippen LogP contribution in [0.3, 0.4) is 0 Å². The summed E-state index contributed by atoms with van der Waals surface area (Å²) >= 11 is 1.68. The molecule has 0 unspecified atom stereocenters. The molecule has 3 rings (SSSR count). The zero-order valence-electron chi connectivity index (χ0n) is 14.0. The Labute approximate surface area is 146 Å².